The van der Waals surface area contributed by atoms with Crippen LogP contribution in [0.1, 0.15) is 30.6 Å². The van der Waals surface area contributed by atoms with Gasteiger partial charge in [-0.15, -0.1) is 0 Å². The van der Waals surface area contributed by atoms with Crippen molar-refractivity contribution in [2.75, 3.05) is 13.7 Å². The number of esters is 2. The molecule has 0 bridgehead atoms. The van der Waals surface area contributed by atoms with Crippen molar-refractivity contribution >= 4 is 41.0 Å². The van der Waals surface area contributed by atoms with Crippen molar-refractivity contribution in [1.82, 2.24) is 5.32 Å². The minimum absolute atomic E-state index is 0.0138. The molecule has 1 aromatic rings. The highest BCUT2D eigenvalue weighted by molar-refractivity contribution is 6.39. The van der Waals surface area contributed by atoms with Gasteiger partial charge in [0.15, 0.2) is 6.61 Å². The largest absolute Gasteiger partial charge is 0.467 e. The van der Waals surface area contributed by atoms with Crippen LogP contribution in [0, 0.1) is 5.92 Å². The first-order chi connectivity index (χ1) is 11.3. The molecule has 0 aliphatic rings. The van der Waals surface area contributed by atoms with Gasteiger partial charge in [-0.1, -0.05) is 49.5 Å². The van der Waals surface area contributed by atoms with Crippen molar-refractivity contribution in [3.63, 3.8) is 0 Å². The standard InChI is InChI=1S/C16H19Cl2NO5/c1-4-9(2)14(16(22)23-3)19-12(20)8-24-15(21)13-10(17)6-5-7-11(13)18/h5-7,9,14H,4,8H2,1-3H3,(H,19,20). The van der Waals surface area contributed by atoms with Crippen molar-refractivity contribution < 1.29 is 23.9 Å². The van der Waals surface area contributed by atoms with Crippen molar-refractivity contribution in [3.8, 4) is 0 Å². The van der Waals surface area contributed by atoms with Gasteiger partial charge >= 0.3 is 11.9 Å². The lowest BCUT2D eigenvalue weighted by atomic mass is 9.99. The van der Waals surface area contributed by atoms with Crippen LogP contribution in [0.3, 0.4) is 0 Å². The Kier molecular flexibility index (Phi) is 8.01. The molecule has 132 valence electrons. The van der Waals surface area contributed by atoms with E-state index in [9.17, 15) is 14.4 Å². The monoisotopic (exact) mass is 375 g/mol. The van der Waals surface area contributed by atoms with Crippen LogP contribution in [0.15, 0.2) is 18.2 Å². The molecule has 0 aromatic heterocycles. The summed E-state index contributed by atoms with van der Waals surface area (Å²) in [7, 11) is 1.24. The molecule has 1 rings (SSSR count). The Hall–Kier alpha value is -1.79. The Labute approximate surface area is 150 Å². The summed E-state index contributed by atoms with van der Waals surface area (Å²) in [5.74, 6) is -2.13. The summed E-state index contributed by atoms with van der Waals surface area (Å²) >= 11 is 11.8. The topological polar surface area (TPSA) is 81.7 Å². The number of halogens is 2. The molecule has 8 heteroatoms. The number of carbonyl (C=O) groups is 3. The predicted molar refractivity (Wildman–Crippen MR) is 90.1 cm³/mol. The summed E-state index contributed by atoms with van der Waals surface area (Å²) in [6, 6.07) is 3.75. The van der Waals surface area contributed by atoms with Crippen LogP contribution < -0.4 is 5.32 Å². The highest BCUT2D eigenvalue weighted by atomic mass is 35.5. The normalized spacial score (nSPS) is 12.9. The molecule has 0 saturated carbocycles. The number of carbonyl (C=O) groups excluding carboxylic acids is 3. The summed E-state index contributed by atoms with van der Waals surface area (Å²) in [6.07, 6.45) is 0.662. The molecule has 1 aromatic carbocycles. The minimum Gasteiger partial charge on any atom is -0.467 e. The van der Waals surface area contributed by atoms with E-state index in [1.807, 2.05) is 6.92 Å². The molecule has 0 aliphatic heterocycles. The second-order valence-electron chi connectivity index (χ2n) is 5.13. The van der Waals surface area contributed by atoms with E-state index in [2.05, 4.69) is 10.1 Å². The van der Waals surface area contributed by atoms with E-state index in [0.29, 0.717) is 6.42 Å². The van der Waals surface area contributed by atoms with E-state index in [4.69, 9.17) is 27.9 Å². The number of hydrogen-bond acceptors (Lipinski definition) is 5. The van der Waals surface area contributed by atoms with Crippen molar-refractivity contribution in [3.05, 3.63) is 33.8 Å². The highest BCUT2D eigenvalue weighted by Gasteiger charge is 2.27. The third-order valence-corrected chi connectivity index (χ3v) is 4.12. The van der Waals surface area contributed by atoms with E-state index in [1.165, 1.54) is 19.2 Å². The number of rotatable bonds is 7. The third-order valence-electron chi connectivity index (χ3n) is 3.49. The molecule has 2 atom stereocenters. The molecule has 6 nitrogen and oxygen atoms in total. The average molecular weight is 376 g/mol. The highest BCUT2D eigenvalue weighted by Crippen LogP contribution is 2.24. The molecule has 1 amide bonds. The molecular weight excluding hydrogens is 357 g/mol. The minimum atomic E-state index is -0.820. The van der Waals surface area contributed by atoms with Crippen LogP contribution >= 0.6 is 23.2 Å². The zero-order valence-corrected chi connectivity index (χ0v) is 15.1. The van der Waals surface area contributed by atoms with E-state index in [-0.39, 0.29) is 21.5 Å². The Balaban J connectivity index is 2.68. The lowest BCUT2D eigenvalue weighted by Gasteiger charge is -2.21. The number of nitrogens with one attached hydrogen (secondary N) is 1. The van der Waals surface area contributed by atoms with Gasteiger partial charge < -0.3 is 14.8 Å². The molecule has 0 heterocycles. The van der Waals surface area contributed by atoms with Crippen LogP contribution in [-0.2, 0) is 19.1 Å². The molecule has 0 saturated heterocycles. The van der Waals surface area contributed by atoms with Crippen LogP contribution in [0.2, 0.25) is 10.0 Å². The summed E-state index contributed by atoms with van der Waals surface area (Å²) in [6.45, 7) is 3.12. The van der Waals surface area contributed by atoms with Gasteiger partial charge in [0, 0.05) is 0 Å². The van der Waals surface area contributed by atoms with Crippen LogP contribution in [0.25, 0.3) is 0 Å². The SMILES string of the molecule is CCC(C)C(NC(=O)COC(=O)c1c(Cl)cccc1Cl)C(=O)OC. The number of hydrogen-bond donors (Lipinski definition) is 1. The Morgan fingerprint density at radius 3 is 2.29 bits per heavy atom. The van der Waals surface area contributed by atoms with Crippen molar-refractivity contribution in [2.45, 2.75) is 26.3 Å². The van der Waals surface area contributed by atoms with Crippen LogP contribution in [0.5, 0.6) is 0 Å². The first kappa shape index (κ1) is 20.3. The first-order valence-corrected chi connectivity index (χ1v) is 8.05. The van der Waals surface area contributed by atoms with Gasteiger partial charge in [0.1, 0.15) is 6.04 Å². The fourth-order valence-corrected chi connectivity index (χ4v) is 2.46. The number of methoxy groups -OCH3 is 1. The fourth-order valence-electron chi connectivity index (χ4n) is 1.91. The van der Waals surface area contributed by atoms with Crippen molar-refractivity contribution in [2.24, 2.45) is 5.92 Å². The Morgan fingerprint density at radius 1 is 1.21 bits per heavy atom. The van der Waals surface area contributed by atoms with Gasteiger partial charge in [0.05, 0.1) is 22.7 Å². The molecular formula is C16H19Cl2NO5. The van der Waals surface area contributed by atoms with E-state index in [1.54, 1.807) is 13.0 Å². The maximum absolute atomic E-state index is 12.0. The molecule has 24 heavy (non-hydrogen) atoms. The lowest BCUT2D eigenvalue weighted by Crippen LogP contribution is -2.47. The summed E-state index contributed by atoms with van der Waals surface area (Å²) in [5, 5.41) is 2.75. The van der Waals surface area contributed by atoms with E-state index >= 15 is 0 Å². The van der Waals surface area contributed by atoms with Crippen molar-refractivity contribution in [1.29, 1.82) is 0 Å². The average Bonchev–Trinajstić information content (AvgIpc) is 2.56. The first-order valence-electron chi connectivity index (χ1n) is 7.30. The maximum atomic E-state index is 12.0. The summed E-state index contributed by atoms with van der Waals surface area (Å²) in [5.41, 5.74) is -0.0138. The Morgan fingerprint density at radius 2 is 1.79 bits per heavy atom. The molecule has 2 unspecified atom stereocenters. The molecule has 0 fully saturated rings. The third kappa shape index (κ3) is 5.39. The van der Waals surface area contributed by atoms with Gasteiger partial charge in [-0.2, -0.15) is 0 Å². The van der Waals surface area contributed by atoms with Gasteiger partial charge in [-0.3, -0.25) is 4.79 Å². The van der Waals surface area contributed by atoms with Crippen LogP contribution in [0.4, 0.5) is 0 Å². The lowest BCUT2D eigenvalue weighted by molar-refractivity contribution is -0.147. The molecule has 0 radical (unpaired) electrons. The number of amides is 1. The predicted octanol–water partition coefficient (Wildman–Crippen LogP) is 2.85. The summed E-state index contributed by atoms with van der Waals surface area (Å²) < 4.78 is 9.57. The zero-order valence-electron chi connectivity index (χ0n) is 13.6. The quantitative estimate of drug-likeness (QED) is 0.740. The molecule has 0 spiro atoms. The van der Waals surface area contributed by atoms with Gasteiger partial charge in [0.25, 0.3) is 5.91 Å². The second kappa shape index (κ2) is 9.49. The number of benzene rings is 1. The number of ether oxygens (including phenoxy) is 2. The zero-order chi connectivity index (χ0) is 18.3. The second-order valence-corrected chi connectivity index (χ2v) is 5.94. The van der Waals surface area contributed by atoms with Gasteiger partial charge in [-0.05, 0) is 18.1 Å². The fraction of sp³-hybridized carbons (Fsp3) is 0.438. The van der Waals surface area contributed by atoms with Gasteiger partial charge in [0.2, 0.25) is 0 Å². The maximum Gasteiger partial charge on any atom is 0.341 e. The smallest absolute Gasteiger partial charge is 0.341 e. The Bertz CT molecular complexity index is 600. The molecule has 1 N–H and O–H groups in total. The molecule has 0 aliphatic carbocycles. The van der Waals surface area contributed by atoms with E-state index < -0.39 is 30.5 Å². The van der Waals surface area contributed by atoms with Crippen LogP contribution in [-0.4, -0.2) is 37.6 Å². The van der Waals surface area contributed by atoms with Gasteiger partial charge in [-0.25, -0.2) is 9.59 Å². The van der Waals surface area contributed by atoms with E-state index in [0.717, 1.165) is 0 Å². The summed E-state index contributed by atoms with van der Waals surface area (Å²) in [4.78, 5) is 35.6.